The zero-order chi connectivity index (χ0) is 10.3. The third-order valence-electron chi connectivity index (χ3n) is 1.99. The van der Waals surface area contributed by atoms with E-state index in [1.165, 1.54) is 6.34 Å². The highest BCUT2D eigenvalue weighted by molar-refractivity contribution is 5.77. The molecule has 0 aliphatic carbocycles. The van der Waals surface area contributed by atoms with E-state index in [9.17, 15) is 5.11 Å². The van der Waals surface area contributed by atoms with E-state index >= 15 is 0 Å². The third-order valence-corrected chi connectivity index (χ3v) is 1.99. The number of aliphatic imine (C=N–C) groups is 1. The van der Waals surface area contributed by atoms with Gasteiger partial charge in [0.15, 0.2) is 17.7 Å². The Kier molecular flexibility index (Phi) is 1.81. The molecule has 2 N–H and O–H groups in total. The van der Waals surface area contributed by atoms with Crippen molar-refractivity contribution in [2.24, 2.45) is 4.99 Å². The summed E-state index contributed by atoms with van der Waals surface area (Å²) in [6, 6.07) is 0. The van der Waals surface area contributed by atoms with E-state index < -0.39 is 6.23 Å². The van der Waals surface area contributed by atoms with Crippen LogP contribution < -0.4 is 5.32 Å². The van der Waals surface area contributed by atoms with E-state index in [0.29, 0.717) is 11.5 Å². The minimum atomic E-state index is -0.901. The van der Waals surface area contributed by atoms with Crippen LogP contribution in [0.2, 0.25) is 0 Å². The Labute approximate surface area is 81.6 Å². The first-order chi connectivity index (χ1) is 6.50. The number of nitrogens with zero attached hydrogens (tertiary/aromatic N) is 4. The van der Waals surface area contributed by atoms with Crippen molar-refractivity contribution in [3.8, 4) is 0 Å². The monoisotopic (exact) mass is 195 g/mol. The van der Waals surface area contributed by atoms with Crippen LogP contribution in [-0.2, 0) is 5.54 Å². The average Bonchev–Trinajstić information content (AvgIpc) is 2.47. The molecule has 0 radical (unpaired) electrons. The molecule has 1 unspecified atom stereocenters. The molecule has 1 aliphatic heterocycles. The molecule has 14 heavy (non-hydrogen) atoms. The first-order valence-corrected chi connectivity index (χ1v) is 4.42. The Hall–Kier alpha value is -1.43. The number of aliphatic hydroxyl groups is 1. The smallest absolute Gasteiger partial charge is 0.195 e. The summed E-state index contributed by atoms with van der Waals surface area (Å²) in [4.78, 5) is 3.77. The third kappa shape index (κ3) is 1.27. The van der Waals surface area contributed by atoms with E-state index in [1.54, 1.807) is 4.68 Å². The first kappa shape index (κ1) is 9.14. The first-order valence-electron chi connectivity index (χ1n) is 4.42. The van der Waals surface area contributed by atoms with Crippen LogP contribution in [0.5, 0.6) is 0 Å². The van der Waals surface area contributed by atoms with Crippen molar-refractivity contribution in [3.05, 3.63) is 5.69 Å². The van der Waals surface area contributed by atoms with Gasteiger partial charge in [0.25, 0.3) is 0 Å². The summed E-state index contributed by atoms with van der Waals surface area (Å²) in [6.45, 7) is 6.05. The van der Waals surface area contributed by atoms with E-state index in [2.05, 4.69) is 20.6 Å². The second-order valence-corrected chi connectivity index (χ2v) is 4.20. The Morgan fingerprint density at radius 1 is 1.50 bits per heavy atom. The maximum Gasteiger partial charge on any atom is 0.195 e. The molecule has 1 atom stereocenters. The molecule has 0 amide bonds. The van der Waals surface area contributed by atoms with Gasteiger partial charge >= 0.3 is 0 Å². The number of hydrogen-bond donors (Lipinski definition) is 2. The van der Waals surface area contributed by atoms with Crippen LogP contribution in [-0.4, -0.2) is 26.4 Å². The highest BCUT2D eigenvalue weighted by atomic mass is 16.3. The normalized spacial score (nSPS) is 20.4. The van der Waals surface area contributed by atoms with Crippen LogP contribution in [0.15, 0.2) is 4.99 Å². The summed E-state index contributed by atoms with van der Waals surface area (Å²) in [5, 5.41) is 20.3. The fourth-order valence-electron chi connectivity index (χ4n) is 1.31. The van der Waals surface area contributed by atoms with Crippen LogP contribution >= 0.6 is 0 Å². The highest BCUT2D eigenvalue weighted by Crippen LogP contribution is 2.28. The molecule has 2 rings (SSSR count). The zero-order valence-corrected chi connectivity index (χ0v) is 8.39. The van der Waals surface area contributed by atoms with E-state index in [0.717, 1.165) is 0 Å². The molecule has 2 heterocycles. The predicted molar refractivity (Wildman–Crippen MR) is 52.1 cm³/mol. The summed E-state index contributed by atoms with van der Waals surface area (Å²) in [5.41, 5.74) is 0.306. The van der Waals surface area contributed by atoms with E-state index in [4.69, 9.17) is 0 Å². The molecule has 1 aromatic rings. The molecular formula is C8H13N5O. The van der Waals surface area contributed by atoms with Crippen LogP contribution in [0, 0.1) is 0 Å². The van der Waals surface area contributed by atoms with Gasteiger partial charge in [-0.2, -0.15) is 0 Å². The molecule has 6 heteroatoms. The molecule has 0 saturated heterocycles. The van der Waals surface area contributed by atoms with Crippen molar-refractivity contribution in [1.29, 1.82) is 0 Å². The molecule has 1 aliphatic rings. The maximum atomic E-state index is 9.49. The van der Waals surface area contributed by atoms with E-state index in [-0.39, 0.29) is 5.54 Å². The lowest BCUT2D eigenvalue weighted by Gasteiger charge is -2.22. The fraction of sp³-hybridized carbons (Fsp3) is 0.625. The quantitative estimate of drug-likeness (QED) is 0.631. The van der Waals surface area contributed by atoms with Gasteiger partial charge in [-0.3, -0.25) is 0 Å². The molecule has 0 aromatic carbocycles. The zero-order valence-electron chi connectivity index (χ0n) is 8.39. The molecular weight excluding hydrogens is 182 g/mol. The van der Waals surface area contributed by atoms with Crippen LogP contribution in [0.4, 0.5) is 5.82 Å². The summed E-state index contributed by atoms with van der Waals surface area (Å²) in [6.07, 6.45) is 0.556. The topological polar surface area (TPSA) is 75.3 Å². The molecule has 0 saturated carbocycles. The lowest BCUT2D eigenvalue weighted by molar-refractivity contribution is 0.184. The van der Waals surface area contributed by atoms with Crippen molar-refractivity contribution in [3.63, 3.8) is 0 Å². The summed E-state index contributed by atoms with van der Waals surface area (Å²) >= 11 is 0. The number of aromatic nitrogens is 3. The minimum absolute atomic E-state index is 0.168. The van der Waals surface area contributed by atoms with Gasteiger partial charge in [0, 0.05) is 0 Å². The lowest BCUT2D eigenvalue weighted by atomic mass is 10.1. The molecule has 1 aromatic heterocycles. The van der Waals surface area contributed by atoms with Gasteiger partial charge < -0.3 is 10.4 Å². The minimum Gasteiger partial charge on any atom is -0.366 e. The molecule has 76 valence electrons. The number of anilines is 1. The van der Waals surface area contributed by atoms with Crippen LogP contribution in [0.1, 0.15) is 32.7 Å². The van der Waals surface area contributed by atoms with E-state index in [1.807, 2.05) is 20.8 Å². The standard InChI is InChI=1S/C8H13N5O/c1-8(2,3)13-6-5(11-12-13)7(14)10-4-9-6/h4,7,14H,1-3H3,(H,9,10). The predicted octanol–water partition coefficient (Wildman–Crippen LogP) is 0.478. The molecule has 6 nitrogen and oxygen atoms in total. The van der Waals surface area contributed by atoms with Gasteiger partial charge in [0.05, 0.1) is 11.9 Å². The lowest BCUT2D eigenvalue weighted by Crippen LogP contribution is -2.26. The number of hydrogen-bond acceptors (Lipinski definition) is 5. The average molecular weight is 195 g/mol. The van der Waals surface area contributed by atoms with Gasteiger partial charge in [-0.05, 0) is 20.8 Å². The second kappa shape index (κ2) is 2.78. The SMILES string of the molecule is CC(C)(C)n1nnc2c1NC=NC2O. The maximum absolute atomic E-state index is 9.49. The summed E-state index contributed by atoms with van der Waals surface area (Å²) in [7, 11) is 0. The van der Waals surface area contributed by atoms with Crippen LogP contribution in [0.3, 0.4) is 0 Å². The summed E-state index contributed by atoms with van der Waals surface area (Å²) < 4.78 is 1.73. The van der Waals surface area contributed by atoms with Gasteiger partial charge in [-0.15, -0.1) is 5.10 Å². The Bertz CT molecular complexity index is 376. The molecule has 0 spiro atoms. The van der Waals surface area contributed by atoms with Gasteiger partial charge in [-0.1, -0.05) is 5.21 Å². The number of aliphatic hydroxyl groups excluding tert-OH is 1. The fourth-order valence-corrected chi connectivity index (χ4v) is 1.31. The van der Waals surface area contributed by atoms with Crippen molar-refractivity contribution < 1.29 is 5.11 Å². The molecule has 0 fully saturated rings. The number of fused-ring (bicyclic) bond motifs is 1. The second-order valence-electron chi connectivity index (χ2n) is 4.20. The largest absolute Gasteiger partial charge is 0.366 e. The van der Waals surface area contributed by atoms with Gasteiger partial charge in [0.2, 0.25) is 0 Å². The molecule has 0 bridgehead atoms. The van der Waals surface area contributed by atoms with Crippen molar-refractivity contribution in [2.75, 3.05) is 5.32 Å². The highest BCUT2D eigenvalue weighted by Gasteiger charge is 2.27. The van der Waals surface area contributed by atoms with Crippen molar-refractivity contribution in [1.82, 2.24) is 15.0 Å². The summed E-state index contributed by atoms with van der Waals surface area (Å²) in [5.74, 6) is 0.708. The Morgan fingerprint density at radius 2 is 2.21 bits per heavy atom. The Balaban J connectivity index is 2.49. The number of nitrogens with one attached hydrogen (secondary N) is 1. The van der Waals surface area contributed by atoms with Crippen molar-refractivity contribution in [2.45, 2.75) is 32.5 Å². The van der Waals surface area contributed by atoms with Crippen molar-refractivity contribution >= 4 is 12.2 Å². The number of rotatable bonds is 0. The van der Waals surface area contributed by atoms with Crippen LogP contribution in [0.25, 0.3) is 0 Å². The van der Waals surface area contributed by atoms with Gasteiger partial charge in [-0.25, -0.2) is 9.67 Å². The Morgan fingerprint density at radius 3 is 2.86 bits per heavy atom. The van der Waals surface area contributed by atoms with Gasteiger partial charge in [0.1, 0.15) is 0 Å².